The fraction of sp³-hybridized carbons (Fsp3) is 0.476. The number of carbonyl (C=O) groups is 1. The first kappa shape index (κ1) is 21.0. The number of halogens is 2. The van der Waals surface area contributed by atoms with E-state index < -0.39 is 11.6 Å². The lowest BCUT2D eigenvalue weighted by atomic mass is 9.92. The summed E-state index contributed by atoms with van der Waals surface area (Å²) in [5, 5.41) is 5.87. The van der Waals surface area contributed by atoms with Gasteiger partial charge in [-0.3, -0.25) is 4.79 Å². The number of hydrogen-bond donors (Lipinski definition) is 2. The van der Waals surface area contributed by atoms with Crippen molar-refractivity contribution < 1.29 is 13.6 Å². The average molecular weight is 403 g/mol. The standard InChI is InChI=1S/C21H27F2N5O/c1-2-24-19-12-20(27-14-26-19)28-9-7-15(8-10-28)3-6-21(29)25-13-16-11-17(22)4-5-18(16)23/h4-5,11-12,14-15H,2-3,6-10,13H2,1H3,(H,25,29)(H,24,26,27). The van der Waals surface area contributed by atoms with Gasteiger partial charge in [-0.1, -0.05) is 0 Å². The van der Waals surface area contributed by atoms with Crippen LogP contribution in [-0.4, -0.2) is 35.5 Å². The molecule has 1 aromatic heterocycles. The maximum absolute atomic E-state index is 13.6. The number of carbonyl (C=O) groups excluding carboxylic acids is 1. The number of anilines is 2. The van der Waals surface area contributed by atoms with Crippen LogP contribution >= 0.6 is 0 Å². The molecule has 1 fully saturated rings. The minimum atomic E-state index is -0.513. The van der Waals surface area contributed by atoms with Gasteiger partial charge in [-0.2, -0.15) is 0 Å². The molecule has 1 saturated heterocycles. The first-order valence-corrected chi connectivity index (χ1v) is 10.1. The Morgan fingerprint density at radius 3 is 2.76 bits per heavy atom. The van der Waals surface area contributed by atoms with E-state index in [1.165, 1.54) is 0 Å². The Morgan fingerprint density at radius 1 is 1.21 bits per heavy atom. The molecule has 8 heteroatoms. The molecule has 156 valence electrons. The molecule has 0 saturated carbocycles. The molecule has 0 spiro atoms. The second-order valence-corrected chi connectivity index (χ2v) is 7.27. The van der Waals surface area contributed by atoms with Crippen molar-refractivity contribution in [2.45, 2.75) is 39.2 Å². The highest BCUT2D eigenvalue weighted by Crippen LogP contribution is 2.25. The first-order valence-electron chi connectivity index (χ1n) is 10.1. The summed E-state index contributed by atoms with van der Waals surface area (Å²) in [5.41, 5.74) is 0.161. The molecule has 0 radical (unpaired) electrons. The van der Waals surface area contributed by atoms with Crippen LogP contribution in [0.15, 0.2) is 30.6 Å². The number of nitrogens with zero attached hydrogens (tertiary/aromatic N) is 3. The minimum absolute atomic E-state index is 0.00269. The smallest absolute Gasteiger partial charge is 0.220 e. The highest BCUT2D eigenvalue weighted by molar-refractivity contribution is 5.75. The molecular formula is C21H27F2N5O. The van der Waals surface area contributed by atoms with E-state index in [-0.39, 0.29) is 18.0 Å². The third-order valence-corrected chi connectivity index (χ3v) is 5.21. The summed E-state index contributed by atoms with van der Waals surface area (Å²) in [6.45, 7) is 4.62. The predicted molar refractivity (Wildman–Crippen MR) is 109 cm³/mol. The van der Waals surface area contributed by atoms with E-state index in [1.54, 1.807) is 6.33 Å². The van der Waals surface area contributed by atoms with Crippen molar-refractivity contribution in [2.75, 3.05) is 29.9 Å². The van der Waals surface area contributed by atoms with E-state index in [9.17, 15) is 13.6 Å². The van der Waals surface area contributed by atoms with E-state index in [4.69, 9.17) is 0 Å². The molecule has 1 amide bonds. The lowest BCUT2D eigenvalue weighted by Gasteiger charge is -2.32. The van der Waals surface area contributed by atoms with Crippen LogP contribution < -0.4 is 15.5 Å². The van der Waals surface area contributed by atoms with Gasteiger partial charge < -0.3 is 15.5 Å². The van der Waals surface area contributed by atoms with E-state index in [2.05, 4.69) is 25.5 Å². The van der Waals surface area contributed by atoms with Gasteiger partial charge in [0.25, 0.3) is 0 Å². The van der Waals surface area contributed by atoms with Gasteiger partial charge >= 0.3 is 0 Å². The van der Waals surface area contributed by atoms with Gasteiger partial charge in [0.1, 0.15) is 29.6 Å². The lowest BCUT2D eigenvalue weighted by Crippen LogP contribution is -2.34. The number of amides is 1. The van der Waals surface area contributed by atoms with Crippen molar-refractivity contribution in [3.63, 3.8) is 0 Å². The maximum atomic E-state index is 13.6. The van der Waals surface area contributed by atoms with Crippen LogP contribution in [-0.2, 0) is 11.3 Å². The first-order chi connectivity index (χ1) is 14.0. The van der Waals surface area contributed by atoms with Crippen LogP contribution in [0.5, 0.6) is 0 Å². The number of aromatic nitrogens is 2. The maximum Gasteiger partial charge on any atom is 0.220 e. The lowest BCUT2D eigenvalue weighted by molar-refractivity contribution is -0.121. The zero-order chi connectivity index (χ0) is 20.6. The van der Waals surface area contributed by atoms with Crippen LogP contribution in [0, 0.1) is 17.6 Å². The van der Waals surface area contributed by atoms with E-state index in [1.807, 2.05) is 13.0 Å². The summed E-state index contributed by atoms with van der Waals surface area (Å²) >= 11 is 0. The molecule has 0 atom stereocenters. The van der Waals surface area contributed by atoms with Gasteiger partial charge in [-0.15, -0.1) is 0 Å². The molecule has 1 aliphatic heterocycles. The van der Waals surface area contributed by atoms with Gasteiger partial charge in [-0.05, 0) is 50.3 Å². The minimum Gasteiger partial charge on any atom is -0.370 e. The van der Waals surface area contributed by atoms with Gasteiger partial charge in [0.2, 0.25) is 5.91 Å². The molecule has 1 aliphatic rings. The Hall–Kier alpha value is -2.77. The second-order valence-electron chi connectivity index (χ2n) is 7.27. The van der Waals surface area contributed by atoms with Gasteiger partial charge in [0.15, 0.2) is 0 Å². The van der Waals surface area contributed by atoms with E-state index in [0.29, 0.717) is 12.3 Å². The van der Waals surface area contributed by atoms with Crippen LogP contribution in [0.1, 0.15) is 38.2 Å². The summed E-state index contributed by atoms with van der Waals surface area (Å²) < 4.78 is 26.8. The Bertz CT molecular complexity index is 824. The van der Waals surface area contributed by atoms with E-state index in [0.717, 1.165) is 68.7 Å². The van der Waals surface area contributed by atoms with Crippen molar-refractivity contribution in [2.24, 2.45) is 5.92 Å². The zero-order valence-electron chi connectivity index (χ0n) is 16.6. The van der Waals surface area contributed by atoms with Crippen molar-refractivity contribution in [1.29, 1.82) is 0 Å². The molecular weight excluding hydrogens is 376 g/mol. The topological polar surface area (TPSA) is 70.2 Å². The number of rotatable bonds is 8. The Morgan fingerprint density at radius 2 is 2.00 bits per heavy atom. The third kappa shape index (κ3) is 6.10. The summed E-state index contributed by atoms with van der Waals surface area (Å²) in [7, 11) is 0. The summed E-state index contributed by atoms with van der Waals surface area (Å²) in [4.78, 5) is 22.9. The summed E-state index contributed by atoms with van der Waals surface area (Å²) in [6, 6.07) is 5.21. The number of piperidine rings is 1. The zero-order valence-corrected chi connectivity index (χ0v) is 16.6. The Balaban J connectivity index is 1.40. The summed E-state index contributed by atoms with van der Waals surface area (Å²) in [5.74, 6) is 1.06. The highest BCUT2D eigenvalue weighted by atomic mass is 19.1. The van der Waals surface area contributed by atoms with Crippen molar-refractivity contribution >= 4 is 17.5 Å². The molecule has 3 rings (SSSR count). The van der Waals surface area contributed by atoms with Gasteiger partial charge in [-0.25, -0.2) is 18.7 Å². The summed E-state index contributed by atoms with van der Waals surface area (Å²) in [6.07, 6.45) is 4.74. The number of benzene rings is 1. The van der Waals surface area contributed by atoms with Gasteiger partial charge in [0.05, 0.1) is 0 Å². The van der Waals surface area contributed by atoms with Crippen LogP contribution in [0.3, 0.4) is 0 Å². The van der Waals surface area contributed by atoms with Crippen molar-refractivity contribution in [3.05, 3.63) is 47.8 Å². The normalized spacial score (nSPS) is 14.7. The quantitative estimate of drug-likeness (QED) is 0.706. The average Bonchev–Trinajstić information content (AvgIpc) is 2.74. The predicted octanol–water partition coefficient (Wildman–Crippen LogP) is 3.50. The Kier molecular flexibility index (Phi) is 7.32. The largest absolute Gasteiger partial charge is 0.370 e. The van der Waals surface area contributed by atoms with Crippen LogP contribution in [0.25, 0.3) is 0 Å². The molecule has 2 heterocycles. The van der Waals surface area contributed by atoms with Crippen molar-refractivity contribution in [3.8, 4) is 0 Å². The highest BCUT2D eigenvalue weighted by Gasteiger charge is 2.21. The van der Waals surface area contributed by atoms with Crippen molar-refractivity contribution in [1.82, 2.24) is 15.3 Å². The molecule has 0 unspecified atom stereocenters. The van der Waals surface area contributed by atoms with Crippen LogP contribution in [0.2, 0.25) is 0 Å². The fourth-order valence-electron chi connectivity index (χ4n) is 3.54. The monoisotopic (exact) mass is 403 g/mol. The van der Waals surface area contributed by atoms with Crippen LogP contribution in [0.4, 0.5) is 20.4 Å². The third-order valence-electron chi connectivity index (χ3n) is 5.21. The molecule has 2 aromatic rings. The fourth-order valence-corrected chi connectivity index (χ4v) is 3.54. The molecule has 0 aliphatic carbocycles. The molecule has 0 bridgehead atoms. The van der Waals surface area contributed by atoms with Gasteiger partial charge in [0, 0.05) is 44.2 Å². The number of hydrogen-bond acceptors (Lipinski definition) is 5. The Labute approximate surface area is 169 Å². The molecule has 2 N–H and O–H groups in total. The molecule has 6 nitrogen and oxygen atoms in total. The molecule has 1 aromatic carbocycles. The molecule has 29 heavy (non-hydrogen) atoms. The van der Waals surface area contributed by atoms with E-state index >= 15 is 0 Å². The second kappa shape index (κ2) is 10.1. The SMILES string of the molecule is CCNc1cc(N2CCC(CCC(=O)NCc3cc(F)ccc3F)CC2)ncn1. The number of nitrogens with one attached hydrogen (secondary N) is 2.